The fourth-order valence-electron chi connectivity index (χ4n) is 0.655. The van der Waals surface area contributed by atoms with Crippen molar-refractivity contribution in [1.29, 1.82) is 0 Å². The van der Waals surface area contributed by atoms with Crippen molar-refractivity contribution < 1.29 is 9.42 Å². The summed E-state index contributed by atoms with van der Waals surface area (Å²) in [6.45, 7) is 0. The Balaban J connectivity index is 3.01. The number of halogens is 4. The quantitative estimate of drug-likeness (QED) is 0.639. The number of hydrogen-bond acceptors (Lipinski definition) is 2. The molecule has 1 aromatic rings. The smallest absolute Gasteiger partial charge is 0.335 e. The van der Waals surface area contributed by atoms with Crippen molar-refractivity contribution in [2.75, 3.05) is 0 Å². The van der Waals surface area contributed by atoms with E-state index in [1.165, 1.54) is 12.1 Å². The average molecular weight is 280 g/mol. The van der Waals surface area contributed by atoms with Crippen molar-refractivity contribution >= 4 is 53.8 Å². The van der Waals surface area contributed by atoms with Crippen LogP contribution < -0.4 is 4.52 Å². The first-order valence-electron chi connectivity index (χ1n) is 2.98. The van der Waals surface area contributed by atoms with E-state index in [-0.39, 0.29) is 15.8 Å². The number of benzene rings is 1. The maximum absolute atomic E-state index is 8.76. The molecule has 7 heteroatoms. The van der Waals surface area contributed by atoms with E-state index in [0.717, 1.165) is 0 Å². The summed E-state index contributed by atoms with van der Waals surface area (Å²) in [7, 11) is -2.03. The Kier molecular flexibility index (Phi) is 4.37. The minimum atomic E-state index is -2.03. The van der Waals surface area contributed by atoms with Crippen LogP contribution in [-0.2, 0) is 0 Å². The van der Waals surface area contributed by atoms with Gasteiger partial charge in [0, 0.05) is 6.07 Å². The van der Waals surface area contributed by atoms with Crippen LogP contribution in [-0.4, -0.2) is 4.89 Å². The second-order valence-electron chi connectivity index (χ2n) is 2.01. The predicted octanol–water partition coefficient (Wildman–Crippen LogP) is 4.48. The minimum Gasteiger partial charge on any atom is -0.434 e. The molecular weight excluding hydrogens is 277 g/mol. The summed E-state index contributed by atoms with van der Waals surface area (Å²) < 4.78 is 4.79. The van der Waals surface area contributed by atoms with Crippen LogP contribution in [0.15, 0.2) is 12.1 Å². The summed E-state index contributed by atoms with van der Waals surface area (Å²) in [6.07, 6.45) is 0. The maximum Gasteiger partial charge on any atom is 0.335 e. The lowest BCUT2D eigenvalue weighted by molar-refractivity contribution is 0.506. The average Bonchev–Trinajstić information content (AvgIpc) is 1.99. The van der Waals surface area contributed by atoms with Gasteiger partial charge in [-0.15, -0.1) is 0 Å². The van der Waals surface area contributed by atoms with Gasteiger partial charge in [-0.1, -0.05) is 34.8 Å². The van der Waals surface area contributed by atoms with E-state index in [2.05, 4.69) is 0 Å². The standard InChI is InChI=1S/C6H3Cl4O2P/c7-3-1-5(9)6(2-4(3)8)12-13(10)11/h1-2,11H. The summed E-state index contributed by atoms with van der Waals surface area (Å²) in [5.74, 6) is 0.208. The minimum absolute atomic E-state index is 0.208. The van der Waals surface area contributed by atoms with Crippen LogP contribution >= 0.6 is 53.8 Å². The molecule has 0 aliphatic heterocycles. The van der Waals surface area contributed by atoms with Crippen LogP contribution in [0.5, 0.6) is 5.75 Å². The molecule has 0 saturated carbocycles. The lowest BCUT2D eigenvalue weighted by Crippen LogP contribution is -1.83. The third-order valence-electron chi connectivity index (χ3n) is 1.15. The zero-order chi connectivity index (χ0) is 10.0. The zero-order valence-corrected chi connectivity index (χ0v) is 9.89. The SMILES string of the molecule is OP(Cl)Oc1cc(Cl)c(Cl)cc1Cl. The highest BCUT2D eigenvalue weighted by molar-refractivity contribution is 7.75. The van der Waals surface area contributed by atoms with Gasteiger partial charge in [0.05, 0.1) is 15.1 Å². The van der Waals surface area contributed by atoms with Gasteiger partial charge in [-0.25, -0.2) is 0 Å². The third kappa shape index (κ3) is 3.32. The first-order chi connectivity index (χ1) is 6.00. The predicted molar refractivity (Wildman–Crippen MR) is 57.1 cm³/mol. The van der Waals surface area contributed by atoms with Crippen molar-refractivity contribution in [3.63, 3.8) is 0 Å². The molecule has 0 amide bonds. The lowest BCUT2D eigenvalue weighted by Gasteiger charge is -2.07. The highest BCUT2D eigenvalue weighted by Gasteiger charge is 2.10. The molecule has 0 radical (unpaired) electrons. The van der Waals surface area contributed by atoms with Gasteiger partial charge in [-0.3, -0.25) is 0 Å². The van der Waals surface area contributed by atoms with Crippen LogP contribution in [0, 0.1) is 0 Å². The van der Waals surface area contributed by atoms with E-state index < -0.39 is 7.73 Å². The van der Waals surface area contributed by atoms with Gasteiger partial charge < -0.3 is 9.42 Å². The molecule has 1 atom stereocenters. The molecule has 0 bridgehead atoms. The molecule has 1 rings (SSSR count). The van der Waals surface area contributed by atoms with E-state index in [9.17, 15) is 0 Å². The molecule has 2 nitrogen and oxygen atoms in total. The molecule has 0 spiro atoms. The zero-order valence-electron chi connectivity index (χ0n) is 5.97. The van der Waals surface area contributed by atoms with Crippen molar-refractivity contribution in [3.8, 4) is 5.75 Å². The fraction of sp³-hybridized carbons (Fsp3) is 0. The second kappa shape index (κ2) is 4.88. The summed E-state index contributed by atoms with van der Waals surface area (Å²) >= 11 is 22.3. The third-order valence-corrected chi connectivity index (χ3v) is 2.72. The van der Waals surface area contributed by atoms with Crippen LogP contribution in [0.25, 0.3) is 0 Å². The second-order valence-corrected chi connectivity index (χ2v) is 4.74. The summed E-state index contributed by atoms with van der Waals surface area (Å²) in [6, 6.07) is 2.80. The van der Waals surface area contributed by atoms with E-state index in [0.29, 0.717) is 5.02 Å². The Bertz CT molecular complexity index is 318. The molecule has 0 aliphatic rings. The summed E-state index contributed by atoms with van der Waals surface area (Å²) in [5.41, 5.74) is 0. The molecule has 0 saturated heterocycles. The normalized spacial score (nSPS) is 12.7. The van der Waals surface area contributed by atoms with Crippen molar-refractivity contribution in [3.05, 3.63) is 27.2 Å². The Morgan fingerprint density at radius 2 is 1.62 bits per heavy atom. The topological polar surface area (TPSA) is 29.5 Å². The first kappa shape index (κ1) is 11.6. The van der Waals surface area contributed by atoms with Crippen molar-refractivity contribution in [2.45, 2.75) is 0 Å². The molecule has 0 fully saturated rings. The fourth-order valence-corrected chi connectivity index (χ4v) is 1.82. The van der Waals surface area contributed by atoms with Gasteiger partial charge >= 0.3 is 7.73 Å². The number of hydrogen-bond donors (Lipinski definition) is 1. The van der Waals surface area contributed by atoms with Gasteiger partial charge in [0.2, 0.25) is 0 Å². The monoisotopic (exact) mass is 278 g/mol. The largest absolute Gasteiger partial charge is 0.434 e. The Labute approximate surface area is 96.0 Å². The molecule has 1 N–H and O–H groups in total. The highest BCUT2D eigenvalue weighted by Crippen LogP contribution is 2.43. The molecule has 0 aliphatic carbocycles. The first-order valence-corrected chi connectivity index (χ1v) is 6.23. The molecule has 1 aromatic carbocycles. The maximum atomic E-state index is 8.76. The van der Waals surface area contributed by atoms with Crippen molar-refractivity contribution in [2.24, 2.45) is 0 Å². The Morgan fingerprint density at radius 3 is 2.15 bits per heavy atom. The van der Waals surface area contributed by atoms with E-state index >= 15 is 0 Å². The molecular formula is C6H3Cl4O2P. The van der Waals surface area contributed by atoms with Gasteiger partial charge in [0.1, 0.15) is 5.75 Å². The van der Waals surface area contributed by atoms with E-state index in [4.69, 9.17) is 55.5 Å². The molecule has 72 valence electrons. The van der Waals surface area contributed by atoms with Gasteiger partial charge in [-0.2, -0.15) is 0 Å². The van der Waals surface area contributed by atoms with E-state index in [1.54, 1.807) is 0 Å². The Morgan fingerprint density at radius 1 is 1.08 bits per heavy atom. The van der Waals surface area contributed by atoms with Gasteiger partial charge in [-0.05, 0) is 17.3 Å². The summed E-state index contributed by atoms with van der Waals surface area (Å²) in [5, 5.41) is 0.849. The molecule has 0 aromatic heterocycles. The van der Waals surface area contributed by atoms with E-state index in [1.807, 2.05) is 0 Å². The Hall–Kier alpha value is 0.570. The highest BCUT2D eigenvalue weighted by atomic mass is 35.7. The van der Waals surface area contributed by atoms with Gasteiger partial charge in [0.15, 0.2) is 0 Å². The molecule has 0 heterocycles. The molecule has 13 heavy (non-hydrogen) atoms. The van der Waals surface area contributed by atoms with Crippen molar-refractivity contribution in [1.82, 2.24) is 0 Å². The van der Waals surface area contributed by atoms with Crippen LogP contribution in [0.2, 0.25) is 15.1 Å². The van der Waals surface area contributed by atoms with Crippen LogP contribution in [0.3, 0.4) is 0 Å². The molecule has 1 unspecified atom stereocenters. The number of rotatable bonds is 2. The van der Waals surface area contributed by atoms with Crippen LogP contribution in [0.1, 0.15) is 0 Å². The lowest BCUT2D eigenvalue weighted by atomic mass is 10.3. The van der Waals surface area contributed by atoms with Gasteiger partial charge in [0.25, 0.3) is 0 Å². The summed E-state index contributed by atoms with van der Waals surface area (Å²) in [4.78, 5) is 8.76. The van der Waals surface area contributed by atoms with Crippen LogP contribution in [0.4, 0.5) is 0 Å².